The Morgan fingerprint density at radius 3 is 2.89 bits per heavy atom. The summed E-state index contributed by atoms with van der Waals surface area (Å²) in [6, 6.07) is 11.4. The quantitative estimate of drug-likeness (QED) is 0.759. The Kier molecular flexibility index (Phi) is 3.31. The van der Waals surface area contributed by atoms with Crippen LogP contribution in [0.3, 0.4) is 0 Å². The summed E-state index contributed by atoms with van der Waals surface area (Å²) in [5.74, 6) is -0.113. The highest BCUT2D eigenvalue weighted by molar-refractivity contribution is 9.10. The lowest BCUT2D eigenvalue weighted by Crippen LogP contribution is -2.11. The summed E-state index contributed by atoms with van der Waals surface area (Å²) < 4.78 is 0.813. The Labute approximate surface area is 122 Å². The lowest BCUT2D eigenvalue weighted by molar-refractivity contribution is 0.103. The van der Waals surface area contributed by atoms with Crippen LogP contribution in [0, 0.1) is 0 Å². The smallest absolute Gasteiger partial charge is 0.266 e. The summed E-state index contributed by atoms with van der Waals surface area (Å²) in [7, 11) is 0. The molecule has 0 atom stereocenters. The van der Waals surface area contributed by atoms with E-state index in [-0.39, 0.29) is 5.91 Å². The van der Waals surface area contributed by atoms with E-state index in [1.165, 1.54) is 11.3 Å². The van der Waals surface area contributed by atoms with Crippen LogP contribution in [0.1, 0.15) is 9.67 Å². The van der Waals surface area contributed by atoms with Gasteiger partial charge in [-0.15, -0.1) is 11.3 Å². The number of amides is 1. The summed E-state index contributed by atoms with van der Waals surface area (Å²) in [5.41, 5.74) is 1.64. The number of thiophene rings is 1. The molecule has 0 saturated heterocycles. The molecule has 0 aliphatic carbocycles. The lowest BCUT2D eigenvalue weighted by atomic mass is 10.2. The van der Waals surface area contributed by atoms with E-state index in [1.807, 2.05) is 41.8 Å². The molecule has 0 radical (unpaired) electrons. The molecule has 2 aromatic heterocycles. The molecule has 1 amide bonds. The number of fused-ring (bicyclic) bond motifs is 1. The van der Waals surface area contributed by atoms with Crippen molar-refractivity contribution in [1.29, 1.82) is 0 Å². The Morgan fingerprint density at radius 2 is 2.11 bits per heavy atom. The minimum atomic E-state index is -0.113. The Morgan fingerprint density at radius 1 is 1.21 bits per heavy atom. The highest BCUT2D eigenvalue weighted by Gasteiger charge is 2.12. The van der Waals surface area contributed by atoms with Crippen molar-refractivity contribution in [2.75, 3.05) is 5.32 Å². The van der Waals surface area contributed by atoms with Crippen LogP contribution < -0.4 is 5.32 Å². The maximum atomic E-state index is 12.2. The van der Waals surface area contributed by atoms with Crippen LogP contribution in [-0.4, -0.2) is 10.9 Å². The first kappa shape index (κ1) is 12.3. The van der Waals surface area contributed by atoms with Gasteiger partial charge in [0.25, 0.3) is 5.91 Å². The van der Waals surface area contributed by atoms with E-state index in [9.17, 15) is 4.79 Å². The maximum absolute atomic E-state index is 12.2. The van der Waals surface area contributed by atoms with Crippen LogP contribution in [0.15, 0.2) is 52.4 Å². The summed E-state index contributed by atoms with van der Waals surface area (Å²) in [6.45, 7) is 0. The number of rotatable bonds is 2. The van der Waals surface area contributed by atoms with Gasteiger partial charge in [-0.05, 0) is 51.6 Å². The number of halogens is 1. The van der Waals surface area contributed by atoms with Crippen molar-refractivity contribution in [3.8, 4) is 0 Å². The number of nitrogens with one attached hydrogen (secondary N) is 1. The van der Waals surface area contributed by atoms with Crippen molar-refractivity contribution >= 4 is 49.8 Å². The van der Waals surface area contributed by atoms with Crippen LogP contribution in [0.5, 0.6) is 0 Å². The molecule has 1 N–H and O–H groups in total. The summed E-state index contributed by atoms with van der Waals surface area (Å²) in [6.07, 6.45) is 1.74. The number of anilines is 1. The topological polar surface area (TPSA) is 42.0 Å². The van der Waals surface area contributed by atoms with E-state index in [0.29, 0.717) is 4.88 Å². The van der Waals surface area contributed by atoms with Gasteiger partial charge in [0.15, 0.2) is 0 Å². The van der Waals surface area contributed by atoms with Gasteiger partial charge < -0.3 is 5.32 Å². The average Bonchev–Trinajstić information content (AvgIpc) is 2.85. The second-order valence-electron chi connectivity index (χ2n) is 3.93. The maximum Gasteiger partial charge on any atom is 0.266 e. The minimum Gasteiger partial charge on any atom is -0.321 e. The third-order valence-electron chi connectivity index (χ3n) is 2.72. The number of nitrogens with zero attached hydrogens (tertiary/aromatic N) is 1. The fourth-order valence-corrected chi connectivity index (χ4v) is 3.29. The van der Waals surface area contributed by atoms with Crippen LogP contribution in [-0.2, 0) is 0 Å². The minimum absolute atomic E-state index is 0.113. The number of benzene rings is 1. The van der Waals surface area contributed by atoms with Crippen molar-refractivity contribution in [3.63, 3.8) is 0 Å². The van der Waals surface area contributed by atoms with Gasteiger partial charge in [-0.3, -0.25) is 9.78 Å². The monoisotopic (exact) mass is 332 g/mol. The van der Waals surface area contributed by atoms with Crippen molar-refractivity contribution in [1.82, 2.24) is 4.98 Å². The van der Waals surface area contributed by atoms with E-state index in [0.717, 1.165) is 21.1 Å². The van der Waals surface area contributed by atoms with E-state index in [4.69, 9.17) is 0 Å². The van der Waals surface area contributed by atoms with Gasteiger partial charge in [0, 0.05) is 16.1 Å². The van der Waals surface area contributed by atoms with Crippen LogP contribution in [0.4, 0.5) is 5.69 Å². The number of hydrogen-bond donors (Lipinski definition) is 1. The number of hydrogen-bond acceptors (Lipinski definition) is 3. The van der Waals surface area contributed by atoms with Gasteiger partial charge in [0.2, 0.25) is 0 Å². The van der Waals surface area contributed by atoms with E-state index < -0.39 is 0 Å². The van der Waals surface area contributed by atoms with Crippen molar-refractivity contribution in [3.05, 3.63) is 57.3 Å². The lowest BCUT2D eigenvalue weighted by Gasteiger charge is -2.07. The van der Waals surface area contributed by atoms with Crippen molar-refractivity contribution in [2.24, 2.45) is 0 Å². The summed E-state index contributed by atoms with van der Waals surface area (Å²) >= 11 is 4.77. The molecule has 0 saturated carbocycles. The average molecular weight is 333 g/mol. The van der Waals surface area contributed by atoms with Crippen molar-refractivity contribution < 1.29 is 4.79 Å². The third-order valence-corrected chi connectivity index (χ3v) is 4.55. The molecule has 0 fully saturated rings. The molecule has 0 spiro atoms. The SMILES string of the molecule is O=C(Nc1cccc2ncccc12)c1sccc1Br. The van der Waals surface area contributed by atoms with Gasteiger partial charge >= 0.3 is 0 Å². The predicted octanol–water partition coefficient (Wildman–Crippen LogP) is 4.31. The van der Waals surface area contributed by atoms with Crippen LogP contribution in [0.25, 0.3) is 10.9 Å². The first-order valence-corrected chi connectivity index (χ1v) is 7.31. The molecule has 3 aromatic rings. The number of carbonyl (C=O) groups excluding carboxylic acids is 1. The highest BCUT2D eigenvalue weighted by atomic mass is 79.9. The van der Waals surface area contributed by atoms with Gasteiger partial charge in [-0.25, -0.2) is 0 Å². The Hall–Kier alpha value is -1.72. The van der Waals surface area contributed by atoms with Crippen LogP contribution in [0.2, 0.25) is 0 Å². The Bertz CT molecular complexity index is 749. The van der Waals surface area contributed by atoms with Gasteiger partial charge in [0.05, 0.1) is 11.2 Å². The number of pyridine rings is 1. The normalized spacial score (nSPS) is 10.6. The molecule has 0 aliphatic heterocycles. The first-order chi connectivity index (χ1) is 9.25. The molecule has 94 valence electrons. The third kappa shape index (κ3) is 2.39. The van der Waals surface area contributed by atoms with Crippen molar-refractivity contribution in [2.45, 2.75) is 0 Å². The number of carbonyl (C=O) groups is 1. The zero-order valence-corrected chi connectivity index (χ0v) is 12.2. The van der Waals surface area contributed by atoms with Crippen LogP contribution >= 0.6 is 27.3 Å². The van der Waals surface area contributed by atoms with Gasteiger partial charge in [0.1, 0.15) is 4.88 Å². The molecule has 5 heteroatoms. The zero-order valence-electron chi connectivity index (χ0n) is 9.76. The van der Waals surface area contributed by atoms with E-state index >= 15 is 0 Å². The fraction of sp³-hybridized carbons (Fsp3) is 0. The molecule has 1 aromatic carbocycles. The molecular weight excluding hydrogens is 324 g/mol. The Balaban J connectivity index is 1.98. The summed E-state index contributed by atoms with van der Waals surface area (Å²) in [5, 5.41) is 5.74. The van der Waals surface area contributed by atoms with Gasteiger partial charge in [-0.2, -0.15) is 0 Å². The van der Waals surface area contributed by atoms with E-state index in [2.05, 4.69) is 26.2 Å². The molecule has 3 rings (SSSR count). The fourth-order valence-electron chi connectivity index (χ4n) is 1.85. The molecule has 19 heavy (non-hydrogen) atoms. The number of aromatic nitrogens is 1. The first-order valence-electron chi connectivity index (χ1n) is 5.64. The molecule has 2 heterocycles. The molecule has 0 bridgehead atoms. The molecule has 0 aliphatic rings. The molecule has 3 nitrogen and oxygen atoms in total. The highest BCUT2D eigenvalue weighted by Crippen LogP contribution is 2.26. The zero-order chi connectivity index (χ0) is 13.2. The molecular formula is C14H9BrN2OS. The second kappa shape index (κ2) is 5.11. The summed E-state index contributed by atoms with van der Waals surface area (Å²) in [4.78, 5) is 17.1. The predicted molar refractivity (Wildman–Crippen MR) is 81.7 cm³/mol. The standard InChI is InChI=1S/C14H9BrN2OS/c15-10-6-8-19-13(10)14(18)17-12-5-1-4-11-9(12)3-2-7-16-11/h1-8H,(H,17,18). The molecule has 0 unspecified atom stereocenters. The second-order valence-corrected chi connectivity index (χ2v) is 5.70. The largest absolute Gasteiger partial charge is 0.321 e. The van der Waals surface area contributed by atoms with E-state index in [1.54, 1.807) is 6.20 Å². The van der Waals surface area contributed by atoms with Gasteiger partial charge in [-0.1, -0.05) is 6.07 Å².